The van der Waals surface area contributed by atoms with Gasteiger partial charge < -0.3 is 10.2 Å². The molecule has 3 nitrogen and oxygen atoms in total. The number of ketones is 1. The molecule has 2 aromatic rings. The van der Waals surface area contributed by atoms with E-state index in [0.29, 0.717) is 23.4 Å². The third kappa shape index (κ3) is 2.14. The van der Waals surface area contributed by atoms with Gasteiger partial charge in [0.15, 0.2) is 5.76 Å². The smallest absolute Gasteiger partial charge is 0.231 e. The zero-order chi connectivity index (χ0) is 13.3. The maximum atomic E-state index is 13.9. The summed E-state index contributed by atoms with van der Waals surface area (Å²) in [6, 6.07) is 6.09. The minimum Gasteiger partial charge on any atom is -0.458 e. The molecule has 0 amide bonds. The van der Waals surface area contributed by atoms with E-state index in [0.717, 1.165) is 0 Å². The van der Waals surface area contributed by atoms with Crippen molar-refractivity contribution in [1.82, 2.24) is 0 Å². The Kier molecular flexibility index (Phi) is 3.19. The molecule has 0 atom stereocenters. The van der Waals surface area contributed by atoms with Crippen LogP contribution in [-0.4, -0.2) is 5.78 Å². The van der Waals surface area contributed by atoms with Gasteiger partial charge in [-0.15, -0.1) is 0 Å². The molecule has 0 radical (unpaired) electrons. The monoisotopic (exact) mass is 247 g/mol. The van der Waals surface area contributed by atoms with Crippen molar-refractivity contribution in [1.29, 1.82) is 0 Å². The second-order valence-electron chi connectivity index (χ2n) is 4.15. The summed E-state index contributed by atoms with van der Waals surface area (Å²) in [5.74, 6) is -0.207. The van der Waals surface area contributed by atoms with Gasteiger partial charge in [-0.1, -0.05) is 6.92 Å². The molecule has 0 spiro atoms. The first-order valence-corrected chi connectivity index (χ1v) is 5.72. The minimum atomic E-state index is -0.552. The van der Waals surface area contributed by atoms with Gasteiger partial charge in [0.1, 0.15) is 11.6 Å². The van der Waals surface area contributed by atoms with Gasteiger partial charge in [-0.3, -0.25) is 4.79 Å². The van der Waals surface area contributed by atoms with E-state index in [1.807, 2.05) is 6.92 Å². The van der Waals surface area contributed by atoms with Crippen LogP contribution in [0.3, 0.4) is 0 Å². The molecule has 0 fully saturated rings. The largest absolute Gasteiger partial charge is 0.458 e. The fraction of sp³-hybridized carbons (Fsp3) is 0.214. The summed E-state index contributed by atoms with van der Waals surface area (Å²) in [4.78, 5) is 12.1. The van der Waals surface area contributed by atoms with Crippen LogP contribution in [0.5, 0.6) is 0 Å². The van der Waals surface area contributed by atoms with Crippen molar-refractivity contribution in [2.75, 3.05) is 5.73 Å². The van der Waals surface area contributed by atoms with Gasteiger partial charge in [0.05, 0.1) is 5.56 Å². The van der Waals surface area contributed by atoms with Gasteiger partial charge in [0.25, 0.3) is 0 Å². The highest BCUT2D eigenvalue weighted by atomic mass is 19.1. The predicted molar refractivity (Wildman–Crippen MR) is 67.1 cm³/mol. The molecule has 94 valence electrons. The molecule has 0 saturated carbocycles. The number of anilines is 1. The van der Waals surface area contributed by atoms with Crippen molar-refractivity contribution in [2.24, 2.45) is 0 Å². The number of rotatable bonds is 3. The van der Waals surface area contributed by atoms with Crippen LogP contribution in [0.25, 0.3) is 0 Å². The maximum absolute atomic E-state index is 13.9. The number of aryl methyl sites for hydroxylation is 2. The zero-order valence-corrected chi connectivity index (χ0v) is 10.3. The number of nitrogen functional groups attached to an aromatic ring is 1. The van der Waals surface area contributed by atoms with E-state index < -0.39 is 11.6 Å². The molecule has 1 aromatic heterocycles. The van der Waals surface area contributed by atoms with E-state index in [9.17, 15) is 9.18 Å². The van der Waals surface area contributed by atoms with Crippen LogP contribution in [0.15, 0.2) is 28.7 Å². The maximum Gasteiger partial charge on any atom is 0.231 e. The molecule has 0 aliphatic heterocycles. The molecule has 1 heterocycles. The summed E-state index contributed by atoms with van der Waals surface area (Å²) in [7, 11) is 0. The molecule has 2 rings (SSSR count). The van der Waals surface area contributed by atoms with Gasteiger partial charge in [0.2, 0.25) is 5.78 Å². The van der Waals surface area contributed by atoms with E-state index in [2.05, 4.69) is 0 Å². The van der Waals surface area contributed by atoms with Crippen LogP contribution < -0.4 is 5.73 Å². The molecule has 1 aromatic carbocycles. The summed E-state index contributed by atoms with van der Waals surface area (Å²) >= 11 is 0. The zero-order valence-electron chi connectivity index (χ0n) is 10.3. The Morgan fingerprint density at radius 2 is 2.11 bits per heavy atom. The third-order valence-corrected chi connectivity index (χ3v) is 2.76. The standard InChI is InChI=1S/C14H14FNO2/c1-3-10-4-5-12(18-10)14(17)11-7-9(16)6-8(2)13(11)15/h4-7H,3,16H2,1-2H3. The van der Waals surface area contributed by atoms with Crippen LogP contribution >= 0.6 is 0 Å². The average molecular weight is 247 g/mol. The number of benzene rings is 1. The number of nitrogens with two attached hydrogens (primary N) is 1. The van der Waals surface area contributed by atoms with Crippen LogP contribution in [0.2, 0.25) is 0 Å². The van der Waals surface area contributed by atoms with Gasteiger partial charge in [-0.2, -0.15) is 0 Å². The predicted octanol–water partition coefficient (Wildman–Crippen LogP) is 3.10. The van der Waals surface area contributed by atoms with Crippen molar-refractivity contribution in [2.45, 2.75) is 20.3 Å². The van der Waals surface area contributed by atoms with Crippen LogP contribution in [-0.2, 0) is 6.42 Å². The Bertz CT molecular complexity index is 602. The number of hydrogen-bond acceptors (Lipinski definition) is 3. The summed E-state index contributed by atoms with van der Waals surface area (Å²) < 4.78 is 19.2. The second kappa shape index (κ2) is 4.64. The molecular weight excluding hydrogens is 233 g/mol. The molecule has 18 heavy (non-hydrogen) atoms. The number of carbonyl (C=O) groups is 1. The van der Waals surface area contributed by atoms with Crippen molar-refractivity contribution in [3.8, 4) is 0 Å². The van der Waals surface area contributed by atoms with Gasteiger partial charge in [-0.25, -0.2) is 4.39 Å². The summed E-state index contributed by atoms with van der Waals surface area (Å²) in [5.41, 5.74) is 6.28. The van der Waals surface area contributed by atoms with Gasteiger partial charge >= 0.3 is 0 Å². The van der Waals surface area contributed by atoms with E-state index in [-0.39, 0.29) is 11.3 Å². The first kappa shape index (κ1) is 12.4. The molecule has 2 N–H and O–H groups in total. The van der Waals surface area contributed by atoms with E-state index in [4.69, 9.17) is 10.2 Å². The Morgan fingerprint density at radius 1 is 1.39 bits per heavy atom. The fourth-order valence-electron chi connectivity index (χ4n) is 1.79. The first-order chi connectivity index (χ1) is 8.52. The Labute approximate surface area is 104 Å². The van der Waals surface area contributed by atoms with Gasteiger partial charge in [0, 0.05) is 12.1 Å². The molecule has 0 aliphatic rings. The Hall–Kier alpha value is -2.10. The van der Waals surface area contributed by atoms with E-state index in [1.165, 1.54) is 12.1 Å². The van der Waals surface area contributed by atoms with Crippen molar-refractivity contribution in [3.63, 3.8) is 0 Å². The van der Waals surface area contributed by atoms with E-state index in [1.54, 1.807) is 19.1 Å². The molecule has 0 unspecified atom stereocenters. The lowest BCUT2D eigenvalue weighted by atomic mass is 10.0. The van der Waals surface area contributed by atoms with Crippen LogP contribution in [0, 0.1) is 12.7 Å². The van der Waals surface area contributed by atoms with Crippen molar-refractivity contribution in [3.05, 3.63) is 52.7 Å². The average Bonchev–Trinajstić information content (AvgIpc) is 2.81. The summed E-state index contributed by atoms with van der Waals surface area (Å²) in [5, 5.41) is 0. The molecule has 4 heteroatoms. The van der Waals surface area contributed by atoms with Gasteiger partial charge in [-0.05, 0) is 36.8 Å². The molecule has 0 bridgehead atoms. The lowest BCUT2D eigenvalue weighted by Crippen LogP contribution is -2.06. The summed E-state index contributed by atoms with van der Waals surface area (Å²) in [6.45, 7) is 3.49. The van der Waals surface area contributed by atoms with E-state index >= 15 is 0 Å². The Morgan fingerprint density at radius 3 is 2.72 bits per heavy atom. The van der Waals surface area contributed by atoms with Crippen LogP contribution in [0.1, 0.15) is 34.4 Å². The summed E-state index contributed by atoms with van der Waals surface area (Å²) in [6.07, 6.45) is 0.686. The normalized spacial score (nSPS) is 10.6. The topological polar surface area (TPSA) is 56.2 Å². The number of carbonyl (C=O) groups excluding carboxylic acids is 1. The molecule has 0 aliphatic carbocycles. The van der Waals surface area contributed by atoms with Crippen molar-refractivity contribution >= 4 is 11.5 Å². The number of halogens is 1. The fourth-order valence-corrected chi connectivity index (χ4v) is 1.79. The first-order valence-electron chi connectivity index (χ1n) is 5.72. The second-order valence-corrected chi connectivity index (χ2v) is 4.15. The van der Waals surface area contributed by atoms with Crippen LogP contribution in [0.4, 0.5) is 10.1 Å². The minimum absolute atomic E-state index is 0.0514. The highest BCUT2D eigenvalue weighted by Gasteiger charge is 2.19. The lowest BCUT2D eigenvalue weighted by Gasteiger charge is -2.05. The third-order valence-electron chi connectivity index (χ3n) is 2.76. The highest BCUT2D eigenvalue weighted by Crippen LogP contribution is 2.21. The quantitative estimate of drug-likeness (QED) is 0.669. The number of furan rings is 1. The van der Waals surface area contributed by atoms with Crippen molar-refractivity contribution < 1.29 is 13.6 Å². The molecule has 0 saturated heterocycles. The SMILES string of the molecule is CCc1ccc(C(=O)c2cc(N)cc(C)c2F)o1. The highest BCUT2D eigenvalue weighted by molar-refractivity contribution is 6.08. The lowest BCUT2D eigenvalue weighted by molar-refractivity contribution is 0.100. The molecular formula is C14H14FNO2. The number of hydrogen-bond donors (Lipinski definition) is 1. The Balaban J connectivity index is 2.45.